The van der Waals surface area contributed by atoms with E-state index >= 15 is 0 Å². The highest BCUT2D eigenvalue weighted by Gasteiger charge is 2.31. The number of nitrogens with one attached hydrogen (secondary N) is 1. The lowest BCUT2D eigenvalue weighted by atomic mass is 10.1. The van der Waals surface area contributed by atoms with Gasteiger partial charge in [-0.15, -0.1) is 0 Å². The normalized spacial score (nSPS) is 16.2. The second-order valence-corrected chi connectivity index (χ2v) is 7.37. The Hall–Kier alpha value is -2.87. The van der Waals surface area contributed by atoms with Crippen LogP contribution in [0.25, 0.3) is 0 Å². The Morgan fingerprint density at radius 3 is 2.30 bits per heavy atom. The smallest absolute Gasteiger partial charge is 0.369 e. The largest absolute Gasteiger partial charge is 0.416 e. The molecule has 8 heteroatoms. The number of halogens is 3. The fraction of sp³-hybridized carbons (Fsp3) is 0.364. The molecule has 0 unspecified atom stereocenters. The number of hydrogen-bond donors (Lipinski definition) is 1. The number of carbonyl (C=O) groups is 2. The van der Waals surface area contributed by atoms with E-state index in [4.69, 9.17) is 0 Å². The molecular weight excluding hydrogens is 395 g/mol. The molecule has 1 amide bonds. The van der Waals surface area contributed by atoms with Crippen molar-refractivity contribution < 1.29 is 22.8 Å². The predicted molar refractivity (Wildman–Crippen MR) is 110 cm³/mol. The van der Waals surface area contributed by atoms with Crippen molar-refractivity contribution in [3.8, 4) is 0 Å². The average Bonchev–Trinajstić information content (AvgIpc) is 2.73. The summed E-state index contributed by atoms with van der Waals surface area (Å²) in [4.78, 5) is 28.0. The molecule has 1 fully saturated rings. The summed E-state index contributed by atoms with van der Waals surface area (Å²) in [5.74, 6) is -0.270. The van der Waals surface area contributed by atoms with Crippen molar-refractivity contribution in [2.24, 2.45) is 0 Å². The van der Waals surface area contributed by atoms with Crippen molar-refractivity contribution >= 4 is 23.1 Å². The molecule has 0 aliphatic carbocycles. The van der Waals surface area contributed by atoms with Crippen molar-refractivity contribution in [1.29, 1.82) is 0 Å². The van der Waals surface area contributed by atoms with Gasteiger partial charge in [0.2, 0.25) is 5.91 Å². The summed E-state index contributed by atoms with van der Waals surface area (Å²) < 4.78 is 38.9. The standard InChI is InChI=1S/C22H24F3N3O2/c1-15(21(30)26-19-7-3-5-17(13-19)16(2)29)27-9-11-28(12-10-27)20-8-4-6-18(14-20)22(23,24)25/h3-8,13-15H,9-12H2,1-2H3,(H,26,30)/t15-/m0/s1. The number of benzene rings is 2. The number of anilines is 2. The minimum Gasteiger partial charge on any atom is -0.369 e. The third-order valence-corrected chi connectivity index (χ3v) is 5.32. The zero-order chi connectivity index (χ0) is 21.9. The predicted octanol–water partition coefficient (Wildman–Crippen LogP) is 4.06. The number of piperazine rings is 1. The number of carbonyl (C=O) groups excluding carboxylic acids is 2. The van der Waals surface area contributed by atoms with Crippen LogP contribution in [0.2, 0.25) is 0 Å². The molecule has 1 atom stereocenters. The second-order valence-electron chi connectivity index (χ2n) is 7.37. The number of nitrogens with zero attached hydrogens (tertiary/aromatic N) is 2. The highest BCUT2D eigenvalue weighted by atomic mass is 19.4. The van der Waals surface area contributed by atoms with Crippen molar-refractivity contribution in [2.45, 2.75) is 26.1 Å². The van der Waals surface area contributed by atoms with E-state index in [1.54, 1.807) is 37.3 Å². The molecule has 1 heterocycles. The van der Waals surface area contributed by atoms with Gasteiger partial charge in [-0.05, 0) is 44.2 Å². The van der Waals surface area contributed by atoms with E-state index in [0.29, 0.717) is 43.1 Å². The third-order valence-electron chi connectivity index (χ3n) is 5.32. The van der Waals surface area contributed by atoms with E-state index in [-0.39, 0.29) is 11.7 Å². The van der Waals surface area contributed by atoms with Crippen LogP contribution >= 0.6 is 0 Å². The lowest BCUT2D eigenvalue weighted by molar-refractivity contribution is -0.137. The number of alkyl halides is 3. The third kappa shape index (κ3) is 5.18. The zero-order valence-corrected chi connectivity index (χ0v) is 16.9. The molecule has 0 aromatic heterocycles. The Bertz CT molecular complexity index is 922. The van der Waals surface area contributed by atoms with Crippen molar-refractivity contribution in [1.82, 2.24) is 4.90 Å². The van der Waals surface area contributed by atoms with Gasteiger partial charge in [-0.25, -0.2) is 0 Å². The average molecular weight is 419 g/mol. The van der Waals surface area contributed by atoms with E-state index in [9.17, 15) is 22.8 Å². The fourth-order valence-electron chi connectivity index (χ4n) is 3.47. The Morgan fingerprint density at radius 2 is 1.67 bits per heavy atom. The van der Waals surface area contributed by atoms with Gasteiger partial charge >= 0.3 is 6.18 Å². The molecule has 0 spiro atoms. The molecular formula is C22H24F3N3O2. The molecule has 1 N–H and O–H groups in total. The monoisotopic (exact) mass is 419 g/mol. The van der Waals surface area contributed by atoms with Crippen molar-refractivity contribution in [3.63, 3.8) is 0 Å². The van der Waals surface area contributed by atoms with Crippen LogP contribution in [0, 0.1) is 0 Å². The minimum atomic E-state index is -4.37. The first-order valence-corrected chi connectivity index (χ1v) is 9.73. The second kappa shape index (κ2) is 8.87. The first-order chi connectivity index (χ1) is 14.1. The first kappa shape index (κ1) is 21.8. The molecule has 2 aromatic rings. The van der Waals surface area contributed by atoms with Gasteiger partial charge < -0.3 is 10.2 Å². The van der Waals surface area contributed by atoms with Crippen LogP contribution in [0.4, 0.5) is 24.5 Å². The van der Waals surface area contributed by atoms with Crippen LogP contribution in [-0.4, -0.2) is 48.8 Å². The molecule has 3 rings (SSSR count). The lowest BCUT2D eigenvalue weighted by Crippen LogP contribution is -2.52. The summed E-state index contributed by atoms with van der Waals surface area (Å²) in [7, 11) is 0. The summed E-state index contributed by atoms with van der Waals surface area (Å²) >= 11 is 0. The van der Waals surface area contributed by atoms with Crippen molar-refractivity contribution in [2.75, 3.05) is 36.4 Å². The van der Waals surface area contributed by atoms with Crippen LogP contribution in [0.15, 0.2) is 48.5 Å². The highest BCUT2D eigenvalue weighted by molar-refractivity contribution is 5.98. The van der Waals surface area contributed by atoms with Crippen LogP contribution < -0.4 is 10.2 Å². The number of rotatable bonds is 5. The number of amides is 1. The van der Waals surface area contributed by atoms with Gasteiger partial charge in [0.25, 0.3) is 0 Å². The summed E-state index contributed by atoms with van der Waals surface area (Å²) in [6, 6.07) is 11.7. The molecule has 1 saturated heterocycles. The molecule has 5 nitrogen and oxygen atoms in total. The molecule has 160 valence electrons. The lowest BCUT2D eigenvalue weighted by Gasteiger charge is -2.38. The van der Waals surface area contributed by atoms with Gasteiger partial charge in [0.1, 0.15) is 0 Å². The topological polar surface area (TPSA) is 52.7 Å². The number of Topliss-reactive ketones (excluding diaryl/α,β-unsaturated/α-hetero) is 1. The van der Waals surface area contributed by atoms with Gasteiger partial charge in [0.15, 0.2) is 5.78 Å². The van der Waals surface area contributed by atoms with E-state index < -0.39 is 17.8 Å². The van der Waals surface area contributed by atoms with Crippen LogP contribution in [-0.2, 0) is 11.0 Å². The Balaban J connectivity index is 1.59. The van der Waals surface area contributed by atoms with E-state index in [2.05, 4.69) is 5.32 Å². The van der Waals surface area contributed by atoms with Gasteiger partial charge in [-0.1, -0.05) is 18.2 Å². The Kier molecular flexibility index (Phi) is 6.45. The first-order valence-electron chi connectivity index (χ1n) is 9.73. The molecule has 0 bridgehead atoms. The van der Waals surface area contributed by atoms with E-state index in [1.165, 1.54) is 13.0 Å². The zero-order valence-electron chi connectivity index (χ0n) is 16.9. The maximum atomic E-state index is 13.0. The SMILES string of the molecule is CC(=O)c1cccc(NC(=O)[C@H](C)N2CCN(c3cccc(C(F)(F)F)c3)CC2)c1. The highest BCUT2D eigenvalue weighted by Crippen LogP contribution is 2.32. The van der Waals surface area contributed by atoms with E-state index in [1.807, 2.05) is 9.80 Å². The number of hydrogen-bond acceptors (Lipinski definition) is 4. The van der Waals surface area contributed by atoms with Crippen LogP contribution in [0.3, 0.4) is 0 Å². The summed E-state index contributed by atoms with van der Waals surface area (Å²) in [6.45, 7) is 5.42. The van der Waals surface area contributed by atoms with Gasteiger partial charge in [0, 0.05) is 43.1 Å². The maximum Gasteiger partial charge on any atom is 0.416 e. The molecule has 0 saturated carbocycles. The Labute approximate surface area is 173 Å². The van der Waals surface area contributed by atoms with Crippen LogP contribution in [0.5, 0.6) is 0 Å². The molecule has 2 aromatic carbocycles. The molecule has 1 aliphatic rings. The van der Waals surface area contributed by atoms with Gasteiger partial charge in [-0.2, -0.15) is 13.2 Å². The van der Waals surface area contributed by atoms with Gasteiger partial charge in [-0.3, -0.25) is 14.5 Å². The maximum absolute atomic E-state index is 13.0. The summed E-state index contributed by atoms with van der Waals surface area (Å²) in [5, 5.41) is 2.83. The van der Waals surface area contributed by atoms with Crippen LogP contribution in [0.1, 0.15) is 29.8 Å². The molecule has 0 radical (unpaired) electrons. The summed E-state index contributed by atoms with van der Waals surface area (Å²) in [5.41, 5.74) is 0.947. The molecule has 1 aliphatic heterocycles. The summed E-state index contributed by atoms with van der Waals surface area (Å²) in [6.07, 6.45) is -4.37. The van der Waals surface area contributed by atoms with Crippen molar-refractivity contribution in [3.05, 3.63) is 59.7 Å². The van der Waals surface area contributed by atoms with E-state index in [0.717, 1.165) is 12.1 Å². The Morgan fingerprint density at radius 1 is 1.00 bits per heavy atom. The number of ketones is 1. The van der Waals surface area contributed by atoms with Gasteiger partial charge in [0.05, 0.1) is 11.6 Å². The minimum absolute atomic E-state index is 0.0788. The quantitative estimate of drug-likeness (QED) is 0.743. The fourth-order valence-corrected chi connectivity index (χ4v) is 3.47. The molecule has 30 heavy (non-hydrogen) atoms.